The van der Waals surface area contributed by atoms with E-state index in [2.05, 4.69) is 17.1 Å². The van der Waals surface area contributed by atoms with Gasteiger partial charge in [-0.25, -0.2) is 0 Å². The number of likely N-dealkylation sites (tertiary alicyclic amines) is 1. The molecule has 1 heterocycles. The highest BCUT2D eigenvalue weighted by atomic mass is 19.4. The van der Waals surface area contributed by atoms with E-state index in [-0.39, 0.29) is 7.33 Å². The van der Waals surface area contributed by atoms with Crippen LogP contribution in [-0.4, -0.2) is 30.9 Å². The highest BCUT2D eigenvalue weighted by molar-refractivity contribution is 5.96. The second-order valence-electron chi connectivity index (χ2n) is 8.13. The standard InChI is InChI=1S/C23H27F3N2O.H2/c1-4-17-12-19(23(24,25)26)10-11-20(17)21(29)27-22(18-8-6-5-7-9-18)13-16(2)14-28(3)15-22;/h5-12,16H,4,13-15H2,1-3H3,(H,27,29);1H/t16-,22-;/m1./s1. The molecule has 1 N–H and O–H groups in total. The molecule has 2 aromatic rings. The molecular formula is C23H29F3N2O. The van der Waals surface area contributed by atoms with E-state index in [0.29, 0.717) is 30.0 Å². The number of hydrogen-bond donors (Lipinski definition) is 1. The molecule has 0 aliphatic carbocycles. The summed E-state index contributed by atoms with van der Waals surface area (Å²) in [5.41, 5.74) is 0.402. The van der Waals surface area contributed by atoms with E-state index in [1.807, 2.05) is 37.4 Å². The molecule has 0 bridgehead atoms. The largest absolute Gasteiger partial charge is 0.416 e. The van der Waals surface area contributed by atoms with E-state index in [9.17, 15) is 18.0 Å². The Bertz CT molecular complexity index is 860. The van der Waals surface area contributed by atoms with Gasteiger partial charge in [0.25, 0.3) is 5.91 Å². The van der Waals surface area contributed by atoms with Gasteiger partial charge in [0.2, 0.25) is 0 Å². The van der Waals surface area contributed by atoms with Crippen LogP contribution in [0.25, 0.3) is 0 Å². The van der Waals surface area contributed by atoms with Crippen molar-refractivity contribution in [2.75, 3.05) is 20.1 Å². The molecule has 1 amide bonds. The number of hydrogen-bond acceptors (Lipinski definition) is 2. The number of amides is 1. The number of likely N-dealkylation sites (N-methyl/N-ethyl adjacent to an activating group) is 1. The fraction of sp³-hybridized carbons (Fsp3) is 0.435. The summed E-state index contributed by atoms with van der Waals surface area (Å²) in [6.07, 6.45) is -3.30. The topological polar surface area (TPSA) is 32.3 Å². The fourth-order valence-corrected chi connectivity index (χ4v) is 4.48. The monoisotopic (exact) mass is 406 g/mol. The van der Waals surface area contributed by atoms with Gasteiger partial charge < -0.3 is 10.2 Å². The van der Waals surface area contributed by atoms with Crippen molar-refractivity contribution in [3.05, 3.63) is 70.8 Å². The Hall–Kier alpha value is -2.34. The van der Waals surface area contributed by atoms with Gasteiger partial charge in [0.05, 0.1) is 11.1 Å². The van der Waals surface area contributed by atoms with Gasteiger partial charge in [0.15, 0.2) is 0 Å². The molecule has 158 valence electrons. The van der Waals surface area contributed by atoms with Crippen LogP contribution in [0.2, 0.25) is 0 Å². The molecule has 0 radical (unpaired) electrons. The number of rotatable bonds is 4. The molecule has 0 aromatic heterocycles. The van der Waals surface area contributed by atoms with Crippen molar-refractivity contribution in [2.45, 2.75) is 38.4 Å². The van der Waals surface area contributed by atoms with E-state index in [0.717, 1.165) is 30.7 Å². The van der Waals surface area contributed by atoms with Crippen molar-refractivity contribution in [2.24, 2.45) is 5.92 Å². The van der Waals surface area contributed by atoms with Gasteiger partial charge in [-0.3, -0.25) is 4.79 Å². The number of carbonyl (C=O) groups is 1. The van der Waals surface area contributed by atoms with Crippen LogP contribution in [0, 0.1) is 5.92 Å². The zero-order chi connectivity index (χ0) is 21.2. The summed E-state index contributed by atoms with van der Waals surface area (Å²) in [6, 6.07) is 13.2. The summed E-state index contributed by atoms with van der Waals surface area (Å²) >= 11 is 0. The van der Waals surface area contributed by atoms with Gasteiger partial charge >= 0.3 is 6.18 Å². The maximum absolute atomic E-state index is 13.2. The molecule has 1 saturated heterocycles. The molecule has 3 rings (SSSR count). The third-order valence-corrected chi connectivity index (χ3v) is 5.60. The normalized spacial score (nSPS) is 23.0. The summed E-state index contributed by atoms with van der Waals surface area (Å²) in [6.45, 7) is 5.49. The van der Waals surface area contributed by atoms with Crippen LogP contribution in [0.3, 0.4) is 0 Å². The van der Waals surface area contributed by atoms with Gasteiger partial charge in [-0.2, -0.15) is 13.2 Å². The minimum Gasteiger partial charge on any atom is -0.341 e. The molecule has 2 atom stereocenters. The minimum absolute atomic E-state index is 0. The highest BCUT2D eigenvalue weighted by Gasteiger charge is 2.40. The van der Waals surface area contributed by atoms with Crippen molar-refractivity contribution in [1.29, 1.82) is 0 Å². The molecule has 6 heteroatoms. The first kappa shape index (κ1) is 21.4. The van der Waals surface area contributed by atoms with Gasteiger partial charge in [0, 0.05) is 20.1 Å². The lowest BCUT2D eigenvalue weighted by Gasteiger charge is -2.45. The Labute approximate surface area is 171 Å². The summed E-state index contributed by atoms with van der Waals surface area (Å²) in [4.78, 5) is 15.4. The zero-order valence-electron chi connectivity index (χ0n) is 17.0. The van der Waals surface area contributed by atoms with Crippen LogP contribution in [0.4, 0.5) is 13.2 Å². The number of nitrogens with zero attached hydrogens (tertiary/aromatic N) is 1. The lowest BCUT2D eigenvalue weighted by molar-refractivity contribution is -0.137. The van der Waals surface area contributed by atoms with E-state index in [1.54, 1.807) is 6.92 Å². The fourth-order valence-electron chi connectivity index (χ4n) is 4.48. The second-order valence-corrected chi connectivity index (χ2v) is 8.13. The Morgan fingerprint density at radius 3 is 2.52 bits per heavy atom. The third kappa shape index (κ3) is 4.64. The third-order valence-electron chi connectivity index (χ3n) is 5.60. The number of nitrogens with one attached hydrogen (secondary N) is 1. The van der Waals surface area contributed by atoms with Gasteiger partial charge in [0.1, 0.15) is 0 Å². The molecule has 29 heavy (non-hydrogen) atoms. The van der Waals surface area contributed by atoms with Crippen LogP contribution >= 0.6 is 0 Å². The van der Waals surface area contributed by atoms with Gasteiger partial charge in [-0.15, -0.1) is 0 Å². The Morgan fingerprint density at radius 1 is 1.24 bits per heavy atom. The molecule has 0 saturated carbocycles. The number of carbonyl (C=O) groups excluding carboxylic acids is 1. The maximum Gasteiger partial charge on any atom is 0.416 e. The van der Waals surface area contributed by atoms with Gasteiger partial charge in [-0.1, -0.05) is 44.2 Å². The van der Waals surface area contributed by atoms with Crippen LogP contribution in [0.15, 0.2) is 48.5 Å². The summed E-state index contributed by atoms with van der Waals surface area (Å²) in [7, 11) is 2.02. The van der Waals surface area contributed by atoms with E-state index in [1.165, 1.54) is 6.07 Å². The molecule has 1 aliphatic heterocycles. The maximum atomic E-state index is 13.2. The van der Waals surface area contributed by atoms with Crippen LogP contribution in [0.1, 0.15) is 48.7 Å². The SMILES string of the molecule is CCc1cc(C(F)(F)F)ccc1C(=O)N[C@]1(c2ccccc2)C[C@@H](C)CN(C)C1.[HH]. The molecule has 2 aromatic carbocycles. The van der Waals surface area contributed by atoms with Crippen LogP contribution in [-0.2, 0) is 18.1 Å². The Morgan fingerprint density at radius 2 is 1.93 bits per heavy atom. The smallest absolute Gasteiger partial charge is 0.341 e. The van der Waals surface area contributed by atoms with E-state index >= 15 is 0 Å². The van der Waals surface area contributed by atoms with E-state index in [4.69, 9.17) is 0 Å². The van der Waals surface area contributed by atoms with Crippen molar-refractivity contribution >= 4 is 5.91 Å². The lowest BCUT2D eigenvalue weighted by atomic mass is 9.78. The minimum atomic E-state index is -4.42. The quantitative estimate of drug-likeness (QED) is 0.765. The van der Waals surface area contributed by atoms with Crippen molar-refractivity contribution in [3.8, 4) is 0 Å². The summed E-state index contributed by atoms with van der Waals surface area (Å²) in [5.74, 6) is 0.0365. The molecule has 1 fully saturated rings. The lowest BCUT2D eigenvalue weighted by Crippen LogP contribution is -2.57. The summed E-state index contributed by atoms with van der Waals surface area (Å²) < 4.78 is 39.2. The average molecular weight is 406 g/mol. The molecule has 0 spiro atoms. The van der Waals surface area contributed by atoms with Crippen molar-refractivity contribution < 1.29 is 19.4 Å². The van der Waals surface area contributed by atoms with Crippen molar-refractivity contribution in [3.63, 3.8) is 0 Å². The molecule has 0 unspecified atom stereocenters. The Kier molecular flexibility index (Phi) is 6.03. The second kappa shape index (κ2) is 8.19. The summed E-state index contributed by atoms with van der Waals surface area (Å²) in [5, 5.41) is 3.20. The number of halogens is 3. The number of alkyl halides is 3. The van der Waals surface area contributed by atoms with Crippen molar-refractivity contribution in [1.82, 2.24) is 10.2 Å². The van der Waals surface area contributed by atoms with Gasteiger partial charge in [-0.05, 0) is 55.1 Å². The average Bonchev–Trinajstić information content (AvgIpc) is 2.66. The Balaban J connectivity index is 0.00000320. The number of aryl methyl sites for hydroxylation is 1. The molecule has 3 nitrogen and oxygen atoms in total. The number of benzene rings is 2. The first-order chi connectivity index (χ1) is 13.6. The van der Waals surface area contributed by atoms with E-state index < -0.39 is 17.3 Å². The first-order valence-electron chi connectivity index (χ1n) is 9.91. The molecule has 1 aliphatic rings. The predicted octanol–water partition coefficient (Wildman–Crippen LogP) is 5.11. The predicted molar refractivity (Wildman–Crippen MR) is 110 cm³/mol. The van der Waals surface area contributed by atoms with Crippen LogP contribution < -0.4 is 5.32 Å². The highest BCUT2D eigenvalue weighted by Crippen LogP contribution is 2.35. The zero-order valence-corrected chi connectivity index (χ0v) is 17.0. The number of piperidine rings is 1. The molecular weight excluding hydrogens is 377 g/mol. The van der Waals surface area contributed by atoms with Crippen LogP contribution in [0.5, 0.6) is 0 Å². The first-order valence-corrected chi connectivity index (χ1v) is 9.91.